The van der Waals surface area contributed by atoms with Crippen molar-refractivity contribution in [3.8, 4) is 0 Å². The largest absolute Gasteiger partial charge is 0.352 e. The van der Waals surface area contributed by atoms with Crippen molar-refractivity contribution in [2.75, 3.05) is 11.9 Å². The molecule has 2 aromatic rings. The summed E-state index contributed by atoms with van der Waals surface area (Å²) in [5.74, 6) is 0.959. The molecule has 0 saturated heterocycles. The average molecular weight is 312 g/mol. The highest BCUT2D eigenvalue weighted by molar-refractivity contribution is 5.93. The molecule has 1 aromatic heterocycles. The fourth-order valence-corrected chi connectivity index (χ4v) is 2.12. The number of nitrogens with zero attached hydrogens (tertiary/aromatic N) is 2. The predicted octanol–water partition coefficient (Wildman–Crippen LogP) is 3.17. The van der Waals surface area contributed by atoms with Crippen molar-refractivity contribution < 1.29 is 4.79 Å². The van der Waals surface area contributed by atoms with Gasteiger partial charge in [0.1, 0.15) is 0 Å². The maximum atomic E-state index is 11.9. The first-order valence-electron chi connectivity index (χ1n) is 7.94. The van der Waals surface area contributed by atoms with Gasteiger partial charge in [-0.2, -0.15) is 0 Å². The second-order valence-corrected chi connectivity index (χ2v) is 6.08. The van der Waals surface area contributed by atoms with Crippen LogP contribution in [0.2, 0.25) is 0 Å². The van der Waals surface area contributed by atoms with E-state index in [1.54, 1.807) is 12.4 Å². The summed E-state index contributed by atoms with van der Waals surface area (Å²) in [4.78, 5) is 20.3. The second-order valence-electron chi connectivity index (χ2n) is 6.08. The van der Waals surface area contributed by atoms with E-state index in [1.165, 1.54) is 11.1 Å². The molecule has 0 aliphatic carbocycles. The van der Waals surface area contributed by atoms with Crippen molar-refractivity contribution in [1.82, 2.24) is 15.3 Å². The molecule has 0 spiro atoms. The van der Waals surface area contributed by atoms with Crippen LogP contribution in [-0.4, -0.2) is 22.4 Å². The van der Waals surface area contributed by atoms with Crippen LogP contribution < -0.4 is 10.6 Å². The molecule has 0 unspecified atom stereocenters. The third kappa shape index (κ3) is 5.70. The van der Waals surface area contributed by atoms with Crippen LogP contribution in [0.1, 0.15) is 41.8 Å². The lowest BCUT2D eigenvalue weighted by atomic mass is 10.1. The summed E-state index contributed by atoms with van der Waals surface area (Å²) in [5.41, 5.74) is 2.87. The molecule has 0 aliphatic heterocycles. The Balaban J connectivity index is 1.85. The summed E-state index contributed by atoms with van der Waals surface area (Å²) >= 11 is 0. The molecule has 5 heteroatoms. The summed E-state index contributed by atoms with van der Waals surface area (Å²) in [5, 5.41) is 6.03. The monoisotopic (exact) mass is 312 g/mol. The molecule has 5 nitrogen and oxygen atoms in total. The van der Waals surface area contributed by atoms with Crippen molar-refractivity contribution in [3.63, 3.8) is 0 Å². The molecule has 0 saturated carbocycles. The average Bonchev–Trinajstić information content (AvgIpc) is 2.53. The summed E-state index contributed by atoms with van der Waals surface area (Å²) in [6.07, 6.45) is 4.06. The predicted molar refractivity (Wildman–Crippen MR) is 92.3 cm³/mol. The van der Waals surface area contributed by atoms with Crippen molar-refractivity contribution in [2.45, 2.75) is 33.7 Å². The maximum Gasteiger partial charge on any atom is 0.254 e. The first kappa shape index (κ1) is 16.9. The van der Waals surface area contributed by atoms with E-state index < -0.39 is 0 Å². The molecule has 23 heavy (non-hydrogen) atoms. The van der Waals surface area contributed by atoms with E-state index in [0.717, 1.165) is 6.42 Å². The minimum atomic E-state index is -0.129. The van der Waals surface area contributed by atoms with Gasteiger partial charge in [-0.05, 0) is 24.8 Å². The molecular weight excluding hydrogens is 288 g/mol. The lowest BCUT2D eigenvalue weighted by Gasteiger charge is -2.08. The van der Waals surface area contributed by atoms with Gasteiger partial charge in [0.15, 0.2) is 0 Å². The molecule has 122 valence electrons. The number of aryl methyl sites for hydroxylation is 1. The second kappa shape index (κ2) is 8.27. The van der Waals surface area contributed by atoms with Crippen LogP contribution in [0.3, 0.4) is 0 Å². The first-order chi connectivity index (χ1) is 11.0. The van der Waals surface area contributed by atoms with Crippen LogP contribution in [0.25, 0.3) is 0 Å². The highest BCUT2D eigenvalue weighted by atomic mass is 16.1. The summed E-state index contributed by atoms with van der Waals surface area (Å²) in [7, 11) is 0. The van der Waals surface area contributed by atoms with E-state index >= 15 is 0 Å². The minimum absolute atomic E-state index is 0.129. The van der Waals surface area contributed by atoms with Crippen LogP contribution in [0.4, 0.5) is 5.95 Å². The van der Waals surface area contributed by atoms with Crippen LogP contribution in [-0.2, 0) is 6.54 Å². The molecule has 2 N–H and O–H groups in total. The van der Waals surface area contributed by atoms with E-state index in [4.69, 9.17) is 0 Å². The van der Waals surface area contributed by atoms with Crippen LogP contribution in [0.5, 0.6) is 0 Å². The van der Waals surface area contributed by atoms with Gasteiger partial charge in [-0.15, -0.1) is 0 Å². The van der Waals surface area contributed by atoms with E-state index in [2.05, 4.69) is 59.6 Å². The molecular formula is C18H24N4O. The number of hydrogen-bond donors (Lipinski definition) is 2. The molecule has 0 atom stereocenters. The molecule has 0 radical (unpaired) electrons. The summed E-state index contributed by atoms with van der Waals surface area (Å²) < 4.78 is 0. The van der Waals surface area contributed by atoms with Gasteiger partial charge in [0, 0.05) is 25.5 Å². The van der Waals surface area contributed by atoms with Gasteiger partial charge in [-0.1, -0.05) is 43.7 Å². The van der Waals surface area contributed by atoms with Gasteiger partial charge >= 0.3 is 0 Å². The minimum Gasteiger partial charge on any atom is -0.352 e. The van der Waals surface area contributed by atoms with Gasteiger partial charge in [0.05, 0.1) is 5.56 Å². The number of rotatable bonds is 7. The van der Waals surface area contributed by atoms with E-state index in [-0.39, 0.29) is 5.91 Å². The van der Waals surface area contributed by atoms with Crippen LogP contribution in [0.15, 0.2) is 36.7 Å². The Morgan fingerprint density at radius 1 is 1.22 bits per heavy atom. The number of amides is 1. The lowest BCUT2D eigenvalue weighted by Crippen LogP contribution is -2.25. The molecule has 0 fully saturated rings. The van der Waals surface area contributed by atoms with Crippen LogP contribution in [0, 0.1) is 12.8 Å². The smallest absolute Gasteiger partial charge is 0.254 e. The topological polar surface area (TPSA) is 66.9 Å². The zero-order valence-corrected chi connectivity index (χ0v) is 14.0. The molecule has 0 aliphatic rings. The molecule has 1 heterocycles. The van der Waals surface area contributed by atoms with E-state index in [1.807, 2.05) is 6.07 Å². The Bertz CT molecular complexity index is 638. The third-order valence-electron chi connectivity index (χ3n) is 3.45. The zero-order chi connectivity index (χ0) is 16.7. The fourth-order valence-electron chi connectivity index (χ4n) is 2.12. The SMILES string of the molecule is Cc1cccc(CNc2ncc(C(=O)NCCC(C)C)cn2)c1. The Morgan fingerprint density at radius 2 is 1.96 bits per heavy atom. The van der Waals surface area contributed by atoms with Gasteiger partial charge in [-0.3, -0.25) is 4.79 Å². The highest BCUT2D eigenvalue weighted by Gasteiger charge is 2.07. The number of hydrogen-bond acceptors (Lipinski definition) is 4. The van der Waals surface area contributed by atoms with Crippen LogP contribution >= 0.6 is 0 Å². The van der Waals surface area contributed by atoms with Gasteiger partial charge in [-0.25, -0.2) is 9.97 Å². The Hall–Kier alpha value is -2.43. The molecule has 1 aromatic carbocycles. The number of carbonyl (C=O) groups is 1. The van der Waals surface area contributed by atoms with Crippen molar-refractivity contribution in [1.29, 1.82) is 0 Å². The maximum absolute atomic E-state index is 11.9. The Morgan fingerprint density at radius 3 is 2.61 bits per heavy atom. The van der Waals surface area contributed by atoms with Crippen molar-refractivity contribution >= 4 is 11.9 Å². The standard InChI is InChI=1S/C18H24N4O/c1-13(2)7-8-19-17(23)16-11-21-18(22-12-16)20-10-15-6-4-5-14(3)9-15/h4-6,9,11-13H,7-8,10H2,1-3H3,(H,19,23)(H,20,21,22). The molecule has 2 rings (SSSR count). The quantitative estimate of drug-likeness (QED) is 0.824. The molecule has 1 amide bonds. The first-order valence-corrected chi connectivity index (χ1v) is 7.94. The van der Waals surface area contributed by atoms with E-state index in [0.29, 0.717) is 30.5 Å². The number of anilines is 1. The van der Waals surface area contributed by atoms with Crippen molar-refractivity contribution in [2.24, 2.45) is 5.92 Å². The van der Waals surface area contributed by atoms with Gasteiger partial charge in [0.2, 0.25) is 5.95 Å². The Labute approximate surface area is 137 Å². The van der Waals surface area contributed by atoms with Gasteiger partial charge in [0.25, 0.3) is 5.91 Å². The van der Waals surface area contributed by atoms with Crippen molar-refractivity contribution in [3.05, 3.63) is 53.3 Å². The molecule has 0 bridgehead atoms. The Kier molecular flexibility index (Phi) is 6.09. The number of carbonyl (C=O) groups excluding carboxylic acids is 1. The number of benzene rings is 1. The third-order valence-corrected chi connectivity index (χ3v) is 3.45. The lowest BCUT2D eigenvalue weighted by molar-refractivity contribution is 0.0951. The number of nitrogens with one attached hydrogen (secondary N) is 2. The highest BCUT2D eigenvalue weighted by Crippen LogP contribution is 2.07. The fraction of sp³-hybridized carbons (Fsp3) is 0.389. The van der Waals surface area contributed by atoms with Gasteiger partial charge < -0.3 is 10.6 Å². The summed E-state index contributed by atoms with van der Waals surface area (Å²) in [6, 6.07) is 8.25. The summed E-state index contributed by atoms with van der Waals surface area (Å²) in [6.45, 7) is 7.64. The number of aromatic nitrogens is 2. The van der Waals surface area contributed by atoms with E-state index in [9.17, 15) is 4.79 Å². The normalized spacial score (nSPS) is 10.6. The zero-order valence-electron chi connectivity index (χ0n) is 14.0.